The van der Waals surface area contributed by atoms with Crippen LogP contribution in [-0.2, 0) is 13.5 Å². The van der Waals surface area contributed by atoms with Crippen molar-refractivity contribution in [3.8, 4) is 17.2 Å². The third-order valence-corrected chi connectivity index (χ3v) is 4.11. The van der Waals surface area contributed by atoms with Crippen LogP contribution in [0.1, 0.15) is 11.1 Å². The molecule has 124 valence electrons. The van der Waals surface area contributed by atoms with Crippen molar-refractivity contribution in [2.45, 2.75) is 6.42 Å². The molecule has 0 bridgehead atoms. The summed E-state index contributed by atoms with van der Waals surface area (Å²) in [7, 11) is 4.99. The lowest BCUT2D eigenvalue weighted by atomic mass is 10.0. The number of methoxy groups -OCH3 is 2. The number of aryl methyl sites for hydroxylation is 1. The van der Waals surface area contributed by atoms with E-state index in [9.17, 15) is 9.90 Å². The summed E-state index contributed by atoms with van der Waals surface area (Å²) in [5.74, 6) is 1.29. The highest BCUT2D eigenvalue weighted by molar-refractivity contribution is 5.90. The van der Waals surface area contributed by atoms with Gasteiger partial charge >= 0.3 is 0 Å². The topological polar surface area (TPSA) is 60.7 Å². The fraction of sp³-hybridized carbons (Fsp3) is 0.211. The monoisotopic (exact) mass is 325 g/mol. The van der Waals surface area contributed by atoms with E-state index in [1.165, 1.54) is 6.07 Å². The van der Waals surface area contributed by atoms with Crippen molar-refractivity contribution in [3.05, 3.63) is 63.9 Å². The van der Waals surface area contributed by atoms with Gasteiger partial charge in [0.2, 0.25) is 0 Å². The Hall–Kier alpha value is -2.95. The summed E-state index contributed by atoms with van der Waals surface area (Å²) in [6.45, 7) is 0. The molecular formula is C19H19NO4. The second kappa shape index (κ2) is 6.28. The molecule has 0 saturated carbocycles. The summed E-state index contributed by atoms with van der Waals surface area (Å²) >= 11 is 0. The highest BCUT2D eigenvalue weighted by Crippen LogP contribution is 2.30. The average molecular weight is 325 g/mol. The molecule has 0 amide bonds. The third kappa shape index (κ3) is 2.69. The van der Waals surface area contributed by atoms with Gasteiger partial charge in [0.05, 0.1) is 25.1 Å². The lowest BCUT2D eigenvalue weighted by Crippen LogP contribution is -2.14. The predicted molar refractivity (Wildman–Crippen MR) is 93.2 cm³/mol. The smallest absolute Gasteiger partial charge is 0.196 e. The van der Waals surface area contributed by atoms with Crippen LogP contribution in [0.5, 0.6) is 17.2 Å². The number of hydrogen-bond donors (Lipinski definition) is 1. The Labute approximate surface area is 139 Å². The molecular weight excluding hydrogens is 306 g/mol. The number of nitrogens with zero attached hydrogens (tertiary/aromatic N) is 1. The predicted octanol–water partition coefficient (Wildman–Crippen LogP) is 2.85. The van der Waals surface area contributed by atoms with Gasteiger partial charge in [-0.3, -0.25) is 4.79 Å². The number of phenolic OH excluding ortho intramolecular Hbond substituents is 1. The van der Waals surface area contributed by atoms with Crippen molar-refractivity contribution in [1.29, 1.82) is 0 Å². The molecule has 0 aliphatic carbocycles. The largest absolute Gasteiger partial charge is 0.507 e. The van der Waals surface area contributed by atoms with E-state index < -0.39 is 0 Å². The Morgan fingerprint density at radius 2 is 1.75 bits per heavy atom. The minimum Gasteiger partial charge on any atom is -0.507 e. The maximum atomic E-state index is 12.8. The summed E-state index contributed by atoms with van der Waals surface area (Å²) < 4.78 is 12.3. The van der Waals surface area contributed by atoms with Gasteiger partial charge in [-0.15, -0.1) is 0 Å². The Morgan fingerprint density at radius 1 is 1.04 bits per heavy atom. The van der Waals surface area contributed by atoms with E-state index in [1.54, 1.807) is 26.5 Å². The number of pyridine rings is 1. The zero-order chi connectivity index (χ0) is 17.3. The van der Waals surface area contributed by atoms with Gasteiger partial charge in [-0.2, -0.15) is 0 Å². The normalized spacial score (nSPS) is 10.8. The van der Waals surface area contributed by atoms with Gasteiger partial charge in [0.25, 0.3) is 0 Å². The number of aromatic nitrogens is 1. The Kier molecular flexibility index (Phi) is 4.16. The molecule has 0 saturated heterocycles. The number of rotatable bonds is 4. The molecule has 5 nitrogen and oxygen atoms in total. The lowest BCUT2D eigenvalue weighted by molar-refractivity contribution is 0.414. The van der Waals surface area contributed by atoms with E-state index in [-0.39, 0.29) is 16.6 Å². The van der Waals surface area contributed by atoms with E-state index in [2.05, 4.69) is 0 Å². The van der Waals surface area contributed by atoms with Crippen LogP contribution in [0.15, 0.2) is 47.4 Å². The van der Waals surface area contributed by atoms with Gasteiger partial charge < -0.3 is 19.1 Å². The fourth-order valence-corrected chi connectivity index (χ4v) is 2.91. The van der Waals surface area contributed by atoms with Crippen molar-refractivity contribution in [2.75, 3.05) is 14.2 Å². The van der Waals surface area contributed by atoms with Crippen LogP contribution in [0.2, 0.25) is 0 Å². The molecule has 0 aliphatic rings. The number of fused-ring (bicyclic) bond motifs is 1. The van der Waals surface area contributed by atoms with E-state index in [4.69, 9.17) is 9.47 Å². The first-order chi connectivity index (χ1) is 11.5. The van der Waals surface area contributed by atoms with Gasteiger partial charge in [0.15, 0.2) is 5.43 Å². The summed E-state index contributed by atoms with van der Waals surface area (Å²) in [5.41, 5.74) is 2.00. The second-order valence-electron chi connectivity index (χ2n) is 5.63. The molecule has 0 fully saturated rings. The number of benzene rings is 2. The molecule has 3 aromatic rings. The van der Waals surface area contributed by atoms with Crippen LogP contribution in [0, 0.1) is 0 Å². The van der Waals surface area contributed by atoms with Gasteiger partial charge in [0.1, 0.15) is 17.2 Å². The SMILES string of the molecule is COc1ccc(Cc2cn(C)c3c(OC)ccc(O)c3c2=O)cc1. The zero-order valence-corrected chi connectivity index (χ0v) is 13.9. The van der Waals surface area contributed by atoms with Gasteiger partial charge in [-0.05, 0) is 29.8 Å². The first-order valence-corrected chi connectivity index (χ1v) is 7.56. The van der Waals surface area contributed by atoms with Crippen molar-refractivity contribution in [2.24, 2.45) is 7.05 Å². The van der Waals surface area contributed by atoms with Crippen molar-refractivity contribution < 1.29 is 14.6 Å². The molecule has 0 atom stereocenters. The summed E-state index contributed by atoms with van der Waals surface area (Å²) in [4.78, 5) is 12.8. The number of aromatic hydroxyl groups is 1. The van der Waals surface area contributed by atoms with E-state index in [0.29, 0.717) is 23.3 Å². The second-order valence-corrected chi connectivity index (χ2v) is 5.63. The third-order valence-electron chi connectivity index (χ3n) is 4.11. The molecule has 1 heterocycles. The molecule has 0 spiro atoms. The Morgan fingerprint density at radius 3 is 2.38 bits per heavy atom. The molecule has 1 aromatic heterocycles. The van der Waals surface area contributed by atoms with E-state index in [1.807, 2.05) is 35.9 Å². The zero-order valence-electron chi connectivity index (χ0n) is 13.9. The van der Waals surface area contributed by atoms with Crippen LogP contribution in [-0.4, -0.2) is 23.9 Å². The van der Waals surface area contributed by atoms with Crippen molar-refractivity contribution in [3.63, 3.8) is 0 Å². The summed E-state index contributed by atoms with van der Waals surface area (Å²) in [5, 5.41) is 10.5. The van der Waals surface area contributed by atoms with Crippen LogP contribution in [0.25, 0.3) is 10.9 Å². The first-order valence-electron chi connectivity index (χ1n) is 7.56. The molecule has 0 unspecified atom stereocenters. The highest BCUT2D eigenvalue weighted by Gasteiger charge is 2.15. The Bertz CT molecular complexity index is 942. The molecule has 24 heavy (non-hydrogen) atoms. The van der Waals surface area contributed by atoms with Gasteiger partial charge in [0, 0.05) is 25.2 Å². The summed E-state index contributed by atoms with van der Waals surface area (Å²) in [6.07, 6.45) is 2.26. The van der Waals surface area contributed by atoms with Crippen LogP contribution in [0.4, 0.5) is 0 Å². The van der Waals surface area contributed by atoms with Crippen molar-refractivity contribution >= 4 is 10.9 Å². The van der Waals surface area contributed by atoms with Crippen molar-refractivity contribution in [1.82, 2.24) is 4.57 Å². The van der Waals surface area contributed by atoms with E-state index in [0.717, 1.165) is 11.3 Å². The molecule has 5 heteroatoms. The van der Waals surface area contributed by atoms with Crippen LogP contribution in [0.3, 0.4) is 0 Å². The minimum absolute atomic E-state index is 0.0389. The van der Waals surface area contributed by atoms with Gasteiger partial charge in [-0.1, -0.05) is 12.1 Å². The fourth-order valence-electron chi connectivity index (χ4n) is 2.91. The molecule has 1 N–H and O–H groups in total. The molecule has 0 radical (unpaired) electrons. The maximum absolute atomic E-state index is 12.8. The molecule has 0 aliphatic heterocycles. The van der Waals surface area contributed by atoms with Crippen LogP contribution < -0.4 is 14.9 Å². The standard InChI is InChI=1S/C19H19NO4/c1-20-11-13(10-12-4-6-14(23-2)7-5-12)19(22)17-15(21)8-9-16(24-3)18(17)20/h4-9,11,21H,10H2,1-3H3. The number of ether oxygens (including phenoxy) is 2. The minimum atomic E-state index is -0.185. The maximum Gasteiger partial charge on any atom is 0.196 e. The van der Waals surface area contributed by atoms with E-state index >= 15 is 0 Å². The molecule has 3 rings (SSSR count). The first kappa shape index (κ1) is 15.9. The number of hydrogen-bond acceptors (Lipinski definition) is 4. The summed E-state index contributed by atoms with van der Waals surface area (Å²) in [6, 6.07) is 10.7. The number of phenols is 1. The van der Waals surface area contributed by atoms with Crippen LogP contribution >= 0.6 is 0 Å². The quantitative estimate of drug-likeness (QED) is 0.801. The Balaban J connectivity index is 2.14. The molecule has 2 aromatic carbocycles. The highest BCUT2D eigenvalue weighted by atomic mass is 16.5. The lowest BCUT2D eigenvalue weighted by Gasteiger charge is -2.13. The van der Waals surface area contributed by atoms with Gasteiger partial charge in [-0.25, -0.2) is 0 Å². The average Bonchev–Trinajstić information content (AvgIpc) is 2.60.